The molecule has 0 aliphatic rings. The van der Waals surface area contributed by atoms with Crippen molar-refractivity contribution >= 4 is 17.8 Å². The molecule has 1 N–H and O–H groups in total. The van der Waals surface area contributed by atoms with Gasteiger partial charge in [-0.3, -0.25) is 9.59 Å². The van der Waals surface area contributed by atoms with Crippen LogP contribution in [0.4, 0.5) is 0 Å². The normalized spacial score (nSPS) is 11.6. The molecule has 0 radical (unpaired) electrons. The molecule has 6 heteroatoms. The summed E-state index contributed by atoms with van der Waals surface area (Å²) in [6.45, 7) is 2.57. The molecule has 0 unspecified atom stereocenters. The minimum absolute atomic E-state index is 0.0114. The summed E-state index contributed by atoms with van der Waals surface area (Å²) in [6, 6.07) is 18.0. The minimum atomic E-state index is -0.893. The molecule has 0 bridgehead atoms. The topological polar surface area (TPSA) is 81.7 Å². The highest BCUT2D eigenvalue weighted by atomic mass is 16.5. The molecule has 0 aromatic heterocycles. The number of rotatable bonds is 29. The van der Waals surface area contributed by atoms with E-state index in [4.69, 9.17) is 9.47 Å². The smallest absolute Gasteiger partial charge is 0.328 e. The van der Waals surface area contributed by atoms with Crippen LogP contribution in [-0.4, -0.2) is 23.9 Å². The summed E-state index contributed by atoms with van der Waals surface area (Å²) in [5, 5.41) is 2.82. The number of carbonyl (C=O) groups excluding carboxylic acids is 3. The Bertz CT molecular complexity index is 1060. The molecule has 0 spiro atoms. The van der Waals surface area contributed by atoms with E-state index >= 15 is 0 Å². The van der Waals surface area contributed by atoms with Crippen LogP contribution in [0, 0.1) is 0 Å². The SMILES string of the molecule is CCCCCCCCCCCCCCCCCCCCCC(=O)N[C@@H](CCC(=O)OCc1ccccc1)C(=O)OCc1ccccc1. The Hall–Kier alpha value is -3.15. The van der Waals surface area contributed by atoms with Crippen LogP contribution in [0.25, 0.3) is 0 Å². The van der Waals surface area contributed by atoms with Crippen LogP contribution in [0.15, 0.2) is 60.7 Å². The standard InChI is InChI=1S/C41H63NO5/c1-2-3-4-5-6-7-8-9-10-11-12-13-14-15-16-17-18-19-26-31-39(43)42-38(41(45)47-35-37-29-24-21-25-30-37)32-33-40(44)46-34-36-27-22-20-23-28-36/h20-25,27-30,38H,2-19,26,31-35H2,1H3,(H,42,43)/t38-/m0/s1. The van der Waals surface area contributed by atoms with Gasteiger partial charge >= 0.3 is 11.9 Å². The zero-order chi connectivity index (χ0) is 33.6. The first-order valence-corrected chi connectivity index (χ1v) is 18.8. The Morgan fingerprint density at radius 1 is 0.532 bits per heavy atom. The third kappa shape index (κ3) is 22.1. The number of amides is 1. The van der Waals surface area contributed by atoms with Gasteiger partial charge in [0.25, 0.3) is 0 Å². The Morgan fingerprint density at radius 2 is 0.936 bits per heavy atom. The third-order valence-electron chi connectivity index (χ3n) is 8.73. The lowest BCUT2D eigenvalue weighted by Crippen LogP contribution is -2.42. The summed E-state index contributed by atoms with van der Waals surface area (Å²) in [6.07, 6.45) is 25.3. The quantitative estimate of drug-likeness (QED) is 0.0700. The summed E-state index contributed by atoms with van der Waals surface area (Å²) in [5.74, 6) is -1.13. The van der Waals surface area contributed by atoms with E-state index in [2.05, 4.69) is 12.2 Å². The van der Waals surface area contributed by atoms with Crippen molar-refractivity contribution in [3.8, 4) is 0 Å². The van der Waals surface area contributed by atoms with Crippen LogP contribution in [0.5, 0.6) is 0 Å². The minimum Gasteiger partial charge on any atom is -0.461 e. The molecule has 2 aromatic rings. The van der Waals surface area contributed by atoms with Crippen molar-refractivity contribution in [3.63, 3.8) is 0 Å². The van der Waals surface area contributed by atoms with Crippen molar-refractivity contribution in [2.24, 2.45) is 0 Å². The van der Waals surface area contributed by atoms with E-state index in [9.17, 15) is 14.4 Å². The summed E-state index contributed by atoms with van der Waals surface area (Å²) in [4.78, 5) is 38.0. The van der Waals surface area contributed by atoms with Crippen molar-refractivity contribution in [2.45, 2.75) is 167 Å². The van der Waals surface area contributed by atoms with Crippen molar-refractivity contribution in [1.82, 2.24) is 5.32 Å². The van der Waals surface area contributed by atoms with Gasteiger partial charge in [0.2, 0.25) is 5.91 Å². The molecule has 6 nitrogen and oxygen atoms in total. The first-order valence-electron chi connectivity index (χ1n) is 18.8. The molecule has 0 heterocycles. The maximum atomic E-state index is 12.9. The number of hydrogen-bond acceptors (Lipinski definition) is 5. The van der Waals surface area contributed by atoms with Gasteiger partial charge < -0.3 is 14.8 Å². The predicted molar refractivity (Wildman–Crippen MR) is 192 cm³/mol. The molecule has 0 saturated carbocycles. The third-order valence-corrected chi connectivity index (χ3v) is 8.73. The van der Waals surface area contributed by atoms with Gasteiger partial charge in [0.15, 0.2) is 0 Å². The average molecular weight is 650 g/mol. The largest absolute Gasteiger partial charge is 0.461 e. The number of unbranched alkanes of at least 4 members (excludes halogenated alkanes) is 18. The Labute approximate surface area is 285 Å². The summed E-state index contributed by atoms with van der Waals surface area (Å²) >= 11 is 0. The fourth-order valence-electron chi connectivity index (χ4n) is 5.78. The first kappa shape index (κ1) is 40.0. The van der Waals surface area contributed by atoms with Crippen LogP contribution in [0.3, 0.4) is 0 Å². The fraction of sp³-hybridized carbons (Fsp3) is 0.634. The van der Waals surface area contributed by atoms with Crippen LogP contribution < -0.4 is 5.32 Å². The van der Waals surface area contributed by atoms with Gasteiger partial charge in [0.1, 0.15) is 19.3 Å². The second-order valence-electron chi connectivity index (χ2n) is 13.0. The predicted octanol–water partition coefficient (Wildman–Crippen LogP) is 10.6. The van der Waals surface area contributed by atoms with Gasteiger partial charge in [-0.25, -0.2) is 4.79 Å². The lowest BCUT2D eigenvalue weighted by Gasteiger charge is -2.18. The van der Waals surface area contributed by atoms with Gasteiger partial charge in [-0.05, 0) is 24.0 Å². The highest BCUT2D eigenvalue weighted by Crippen LogP contribution is 2.15. The van der Waals surface area contributed by atoms with Gasteiger partial charge in [0.05, 0.1) is 0 Å². The number of benzene rings is 2. The molecule has 2 aromatic carbocycles. The second-order valence-corrected chi connectivity index (χ2v) is 13.0. The number of nitrogens with one attached hydrogen (secondary N) is 1. The second kappa shape index (κ2) is 27.9. The summed E-state index contributed by atoms with van der Waals surface area (Å²) in [7, 11) is 0. The lowest BCUT2D eigenvalue weighted by molar-refractivity contribution is -0.150. The first-order chi connectivity index (χ1) is 23.1. The number of esters is 2. The van der Waals surface area contributed by atoms with E-state index in [0.717, 1.165) is 30.4 Å². The Kier molecular flexibility index (Phi) is 23.8. The van der Waals surface area contributed by atoms with Gasteiger partial charge in [-0.1, -0.05) is 183 Å². The molecule has 2 rings (SSSR count). The van der Waals surface area contributed by atoms with E-state index in [1.807, 2.05) is 60.7 Å². The maximum Gasteiger partial charge on any atom is 0.328 e. The highest BCUT2D eigenvalue weighted by Gasteiger charge is 2.23. The molecule has 262 valence electrons. The van der Waals surface area contributed by atoms with Crippen molar-refractivity contribution in [1.29, 1.82) is 0 Å². The maximum absolute atomic E-state index is 12.9. The zero-order valence-electron chi connectivity index (χ0n) is 29.4. The highest BCUT2D eigenvalue weighted by molar-refractivity contribution is 5.85. The van der Waals surface area contributed by atoms with Crippen LogP contribution >= 0.6 is 0 Å². The number of ether oxygens (including phenoxy) is 2. The van der Waals surface area contributed by atoms with Crippen molar-refractivity contribution in [3.05, 3.63) is 71.8 Å². The molecule has 0 aliphatic carbocycles. The number of hydrogen-bond donors (Lipinski definition) is 1. The van der Waals surface area contributed by atoms with Crippen LogP contribution in [0.2, 0.25) is 0 Å². The van der Waals surface area contributed by atoms with Gasteiger partial charge in [-0.15, -0.1) is 0 Å². The van der Waals surface area contributed by atoms with Gasteiger partial charge in [0, 0.05) is 12.8 Å². The zero-order valence-corrected chi connectivity index (χ0v) is 29.4. The van der Waals surface area contributed by atoms with E-state index < -0.39 is 18.0 Å². The van der Waals surface area contributed by atoms with E-state index in [1.165, 1.54) is 103 Å². The van der Waals surface area contributed by atoms with Crippen molar-refractivity contribution < 1.29 is 23.9 Å². The molecule has 1 atom stereocenters. The Balaban J connectivity index is 1.54. The molecule has 0 aliphatic heterocycles. The molecule has 0 fully saturated rings. The van der Waals surface area contributed by atoms with Crippen LogP contribution in [-0.2, 0) is 37.1 Å². The lowest BCUT2D eigenvalue weighted by atomic mass is 10.0. The molecule has 47 heavy (non-hydrogen) atoms. The monoisotopic (exact) mass is 649 g/mol. The molecular formula is C41H63NO5. The van der Waals surface area contributed by atoms with E-state index in [0.29, 0.717) is 6.42 Å². The molecular weight excluding hydrogens is 586 g/mol. The van der Waals surface area contributed by atoms with Gasteiger partial charge in [-0.2, -0.15) is 0 Å². The summed E-state index contributed by atoms with van der Waals surface area (Å²) < 4.78 is 10.9. The average Bonchev–Trinajstić information content (AvgIpc) is 3.10. The van der Waals surface area contributed by atoms with E-state index in [-0.39, 0.29) is 32.0 Å². The number of carbonyl (C=O) groups is 3. The van der Waals surface area contributed by atoms with E-state index in [1.54, 1.807) is 0 Å². The van der Waals surface area contributed by atoms with Crippen molar-refractivity contribution in [2.75, 3.05) is 0 Å². The summed E-state index contributed by atoms with van der Waals surface area (Å²) in [5.41, 5.74) is 1.76. The fourth-order valence-corrected chi connectivity index (χ4v) is 5.78. The Morgan fingerprint density at radius 3 is 1.38 bits per heavy atom. The van der Waals surface area contributed by atoms with Crippen LogP contribution in [0.1, 0.15) is 159 Å². The molecule has 0 saturated heterocycles. The molecule has 1 amide bonds.